The third kappa shape index (κ3) is 6.43. The van der Waals surface area contributed by atoms with Gasteiger partial charge >= 0.3 is 12.4 Å². The lowest BCUT2D eigenvalue weighted by atomic mass is 10.2. The molecule has 3 aromatic rings. The van der Waals surface area contributed by atoms with Gasteiger partial charge in [0.1, 0.15) is 5.69 Å². The summed E-state index contributed by atoms with van der Waals surface area (Å²) in [6, 6.07) is 6.37. The van der Waals surface area contributed by atoms with Gasteiger partial charge in [-0.25, -0.2) is 21.8 Å². The predicted molar refractivity (Wildman–Crippen MR) is 115 cm³/mol. The molecule has 0 aliphatic carbocycles. The van der Waals surface area contributed by atoms with Crippen molar-refractivity contribution in [2.75, 3.05) is 6.26 Å². The van der Waals surface area contributed by atoms with Crippen LogP contribution in [0.1, 0.15) is 27.3 Å². The van der Waals surface area contributed by atoms with E-state index in [2.05, 4.69) is 15.3 Å². The molecule has 2 aromatic heterocycles. The third-order valence-electron chi connectivity index (χ3n) is 4.76. The van der Waals surface area contributed by atoms with Crippen LogP contribution in [0.25, 0.3) is 0 Å². The number of hydrogen-bond donors (Lipinski definition) is 1. The second kappa shape index (κ2) is 9.74. The Balaban J connectivity index is 1.80. The molecule has 0 aliphatic heterocycles. The first-order chi connectivity index (χ1) is 16.9. The predicted octanol–water partition coefficient (Wildman–Crippen LogP) is 3.68. The number of pyridine rings is 2. The van der Waals surface area contributed by atoms with Crippen molar-refractivity contribution in [2.24, 2.45) is 0 Å². The Hall–Kier alpha value is -3.53. The van der Waals surface area contributed by atoms with E-state index in [9.17, 15) is 48.0 Å². The Morgan fingerprint density at radius 3 is 2.11 bits per heavy atom. The number of rotatable bonds is 6. The SMILES string of the molecule is CS(=O)(=O)c1nc(C(F)(F)F)ccc1C(=O)NCc1ccc(S(=O)(=O)c2cccc(C(F)(F)F)c2)cn1. The van der Waals surface area contributed by atoms with E-state index in [1.807, 2.05) is 0 Å². The molecule has 0 saturated carbocycles. The van der Waals surface area contributed by atoms with Gasteiger partial charge in [0, 0.05) is 12.5 Å². The maximum absolute atomic E-state index is 12.9. The number of carbonyl (C=O) groups is 1. The molecule has 0 fully saturated rings. The highest BCUT2D eigenvalue weighted by Crippen LogP contribution is 2.32. The lowest BCUT2D eigenvalue weighted by Gasteiger charge is -2.12. The summed E-state index contributed by atoms with van der Waals surface area (Å²) in [6.07, 6.45) is -8.28. The third-order valence-corrected chi connectivity index (χ3v) is 7.51. The number of nitrogens with one attached hydrogen (secondary N) is 1. The number of sulfone groups is 2. The summed E-state index contributed by atoms with van der Waals surface area (Å²) in [5.41, 5.74) is -3.27. The minimum atomic E-state index is -4.95. The first-order valence-electron chi connectivity index (χ1n) is 9.84. The highest BCUT2D eigenvalue weighted by atomic mass is 32.2. The van der Waals surface area contributed by atoms with Crippen LogP contribution >= 0.6 is 0 Å². The standard InChI is InChI=1S/C21H15F6N3O5S2/c1-36(32,33)19-16(7-8-17(30-19)21(25,26)27)18(31)29-10-13-5-6-15(11-28-13)37(34,35)14-4-2-3-12(9-14)20(22,23)24/h2-9,11H,10H2,1H3,(H,29,31). The largest absolute Gasteiger partial charge is 0.433 e. The van der Waals surface area contributed by atoms with Gasteiger partial charge in [0.2, 0.25) is 9.84 Å². The number of hydrogen-bond acceptors (Lipinski definition) is 7. The molecule has 0 saturated heterocycles. The topological polar surface area (TPSA) is 123 Å². The van der Waals surface area contributed by atoms with Crippen LogP contribution < -0.4 is 5.32 Å². The molecule has 2 heterocycles. The highest BCUT2D eigenvalue weighted by Gasteiger charge is 2.35. The summed E-state index contributed by atoms with van der Waals surface area (Å²) >= 11 is 0. The van der Waals surface area contributed by atoms with Gasteiger partial charge < -0.3 is 5.32 Å². The molecule has 16 heteroatoms. The van der Waals surface area contributed by atoms with Crippen molar-refractivity contribution in [3.8, 4) is 0 Å². The normalized spacial score (nSPS) is 12.8. The number of halogens is 6. The molecule has 1 N–H and O–H groups in total. The Morgan fingerprint density at radius 2 is 1.57 bits per heavy atom. The van der Waals surface area contributed by atoms with Crippen LogP contribution in [-0.2, 0) is 38.6 Å². The molecule has 0 aliphatic rings. The summed E-state index contributed by atoms with van der Waals surface area (Å²) in [5, 5.41) is 1.15. The zero-order valence-electron chi connectivity index (χ0n) is 18.4. The summed E-state index contributed by atoms with van der Waals surface area (Å²) in [4.78, 5) is 18.3. The van der Waals surface area contributed by atoms with Crippen LogP contribution in [0.15, 0.2) is 69.5 Å². The quantitative estimate of drug-likeness (QED) is 0.451. The molecular weight excluding hydrogens is 552 g/mol. The van der Waals surface area contributed by atoms with E-state index in [-0.39, 0.29) is 5.69 Å². The fraction of sp³-hybridized carbons (Fsp3) is 0.190. The smallest absolute Gasteiger partial charge is 0.346 e. The van der Waals surface area contributed by atoms with Gasteiger partial charge in [-0.2, -0.15) is 26.3 Å². The zero-order valence-corrected chi connectivity index (χ0v) is 20.1. The molecule has 0 atom stereocenters. The molecule has 8 nitrogen and oxygen atoms in total. The molecule has 0 bridgehead atoms. The minimum absolute atomic E-state index is 0.0529. The van der Waals surface area contributed by atoms with Crippen molar-refractivity contribution < 1.29 is 48.0 Å². The highest BCUT2D eigenvalue weighted by molar-refractivity contribution is 7.91. The monoisotopic (exact) mass is 567 g/mol. The van der Waals surface area contributed by atoms with Gasteiger partial charge in [-0.3, -0.25) is 9.78 Å². The van der Waals surface area contributed by atoms with E-state index in [1.165, 1.54) is 0 Å². The summed E-state index contributed by atoms with van der Waals surface area (Å²) in [5.74, 6) is -1.09. The average molecular weight is 567 g/mol. The molecule has 0 radical (unpaired) electrons. The van der Waals surface area contributed by atoms with Crippen molar-refractivity contribution in [2.45, 2.75) is 33.7 Å². The van der Waals surface area contributed by atoms with E-state index in [1.54, 1.807) is 0 Å². The first kappa shape index (κ1) is 28.0. The molecule has 198 valence electrons. The van der Waals surface area contributed by atoms with E-state index in [4.69, 9.17) is 0 Å². The number of nitrogens with zero attached hydrogens (tertiary/aromatic N) is 2. The van der Waals surface area contributed by atoms with Crippen molar-refractivity contribution in [1.82, 2.24) is 15.3 Å². The summed E-state index contributed by atoms with van der Waals surface area (Å²) in [6.45, 7) is -0.396. The number of aromatic nitrogens is 2. The summed E-state index contributed by atoms with van der Waals surface area (Å²) < 4.78 is 127. The average Bonchev–Trinajstić information content (AvgIpc) is 2.81. The van der Waals surface area contributed by atoms with E-state index in [0.29, 0.717) is 30.5 Å². The summed E-state index contributed by atoms with van der Waals surface area (Å²) in [7, 11) is -8.70. The van der Waals surface area contributed by atoms with Crippen LogP contribution in [0.4, 0.5) is 26.3 Å². The second-order valence-corrected chi connectivity index (χ2v) is 11.4. The maximum atomic E-state index is 12.9. The van der Waals surface area contributed by atoms with Gasteiger partial charge in [0.05, 0.1) is 33.2 Å². The van der Waals surface area contributed by atoms with E-state index in [0.717, 1.165) is 30.5 Å². The van der Waals surface area contributed by atoms with Crippen LogP contribution in [0, 0.1) is 0 Å². The van der Waals surface area contributed by atoms with Crippen LogP contribution in [0.5, 0.6) is 0 Å². The van der Waals surface area contributed by atoms with E-state index < -0.39 is 76.1 Å². The minimum Gasteiger partial charge on any atom is -0.346 e. The van der Waals surface area contributed by atoms with Crippen molar-refractivity contribution >= 4 is 25.6 Å². The van der Waals surface area contributed by atoms with Crippen LogP contribution in [0.2, 0.25) is 0 Å². The van der Waals surface area contributed by atoms with Gasteiger partial charge in [-0.15, -0.1) is 0 Å². The molecule has 0 unspecified atom stereocenters. The lowest BCUT2D eigenvalue weighted by molar-refractivity contribution is -0.141. The first-order valence-corrected chi connectivity index (χ1v) is 13.2. The Bertz CT molecular complexity index is 1550. The van der Waals surface area contributed by atoms with Crippen LogP contribution in [-0.4, -0.2) is 39.0 Å². The van der Waals surface area contributed by atoms with Crippen LogP contribution in [0.3, 0.4) is 0 Å². The number of benzene rings is 1. The van der Waals surface area contributed by atoms with Crippen molar-refractivity contribution in [3.05, 3.63) is 77.2 Å². The fourth-order valence-corrected chi connectivity index (χ4v) is 5.05. The van der Waals surface area contributed by atoms with Gasteiger partial charge in [0.25, 0.3) is 5.91 Å². The fourth-order valence-electron chi connectivity index (χ4n) is 2.97. The molecule has 1 aromatic carbocycles. The number of amides is 1. The molecule has 0 spiro atoms. The number of alkyl halides is 6. The van der Waals surface area contributed by atoms with Crippen molar-refractivity contribution in [1.29, 1.82) is 0 Å². The Labute approximate surface area is 206 Å². The number of carbonyl (C=O) groups excluding carboxylic acids is 1. The molecule has 37 heavy (non-hydrogen) atoms. The van der Waals surface area contributed by atoms with Gasteiger partial charge in [-0.05, 0) is 42.5 Å². The van der Waals surface area contributed by atoms with Gasteiger partial charge in [-0.1, -0.05) is 6.07 Å². The Kier molecular flexibility index (Phi) is 7.38. The van der Waals surface area contributed by atoms with Gasteiger partial charge in [0.15, 0.2) is 14.9 Å². The maximum Gasteiger partial charge on any atom is 0.433 e. The van der Waals surface area contributed by atoms with Crippen molar-refractivity contribution in [3.63, 3.8) is 0 Å². The second-order valence-electron chi connectivity index (χ2n) is 7.52. The molecule has 1 amide bonds. The lowest BCUT2D eigenvalue weighted by Crippen LogP contribution is -2.26. The molecule has 3 rings (SSSR count). The molecular formula is C21H15F6N3O5S2. The van der Waals surface area contributed by atoms with E-state index >= 15 is 0 Å². The Morgan fingerprint density at radius 1 is 0.892 bits per heavy atom. The zero-order chi connectivity index (χ0) is 27.8.